The number of carbonyl (C=O) groups excluding carboxylic acids is 2. The number of ether oxygens (including phenoxy) is 1. The van der Waals surface area contributed by atoms with E-state index in [9.17, 15) is 14.7 Å². The van der Waals surface area contributed by atoms with E-state index in [0.29, 0.717) is 25.1 Å². The second-order valence-corrected chi connectivity index (χ2v) is 9.16. The van der Waals surface area contributed by atoms with E-state index in [1.807, 2.05) is 38.1 Å². The van der Waals surface area contributed by atoms with Crippen molar-refractivity contribution in [3.63, 3.8) is 0 Å². The summed E-state index contributed by atoms with van der Waals surface area (Å²) in [7, 11) is 0. The summed E-state index contributed by atoms with van der Waals surface area (Å²) in [4.78, 5) is 27.3. The number of hydrogen-bond donors (Lipinski definition) is 1. The zero-order valence-electron chi connectivity index (χ0n) is 16.8. The van der Waals surface area contributed by atoms with Crippen molar-refractivity contribution in [2.75, 3.05) is 13.2 Å². The first-order valence-electron chi connectivity index (χ1n) is 9.71. The number of carbonyl (C=O) groups is 2. The van der Waals surface area contributed by atoms with Crippen molar-refractivity contribution < 1.29 is 19.4 Å². The Balaban J connectivity index is 2.01. The van der Waals surface area contributed by atoms with Gasteiger partial charge in [-0.1, -0.05) is 56.1 Å². The Morgan fingerprint density at radius 3 is 2.17 bits per heavy atom. The quantitative estimate of drug-likeness (QED) is 0.221. The van der Waals surface area contributed by atoms with Gasteiger partial charge < -0.3 is 14.7 Å². The lowest BCUT2D eigenvalue weighted by Gasteiger charge is -2.25. The van der Waals surface area contributed by atoms with Gasteiger partial charge in [-0.3, -0.25) is 9.59 Å². The van der Waals surface area contributed by atoms with E-state index in [4.69, 9.17) is 4.74 Å². The smallest absolute Gasteiger partial charge is 0.295 e. The molecule has 0 saturated carbocycles. The van der Waals surface area contributed by atoms with Crippen LogP contribution >= 0.6 is 31.9 Å². The number of halogens is 2. The van der Waals surface area contributed by atoms with Gasteiger partial charge in [-0.25, -0.2) is 0 Å². The van der Waals surface area contributed by atoms with Crippen LogP contribution in [0, 0.1) is 0 Å². The number of aliphatic hydroxyl groups is 1. The van der Waals surface area contributed by atoms with Crippen LogP contribution in [0.3, 0.4) is 0 Å². The van der Waals surface area contributed by atoms with Crippen molar-refractivity contribution in [1.82, 2.24) is 4.90 Å². The summed E-state index contributed by atoms with van der Waals surface area (Å²) < 4.78 is 7.33. The van der Waals surface area contributed by atoms with Crippen LogP contribution in [0.15, 0.2) is 63.0 Å². The summed E-state index contributed by atoms with van der Waals surface area (Å²) in [6.07, 6.45) is 0.691. The van der Waals surface area contributed by atoms with Gasteiger partial charge in [-0.15, -0.1) is 0 Å². The highest BCUT2D eigenvalue weighted by Gasteiger charge is 2.45. The summed E-state index contributed by atoms with van der Waals surface area (Å²) in [6, 6.07) is 13.8. The lowest BCUT2D eigenvalue weighted by atomic mass is 9.95. The standard InChI is InChI=1S/C23H23Br2NO4/c1-14(2)30-13-3-12-26-20(15-4-8-17(24)9-5-15)19(22(28)23(26)29)21(27)16-6-10-18(25)11-7-16/h4-11,14,20,27H,3,12-13H2,1-2H3/t20-/m1/s1. The second kappa shape index (κ2) is 9.90. The third-order valence-corrected chi connectivity index (χ3v) is 5.90. The molecule has 2 aromatic carbocycles. The number of ketones is 1. The number of Topliss-reactive ketones (excluding diaryl/α,β-unsaturated/α-hetero) is 1. The highest BCUT2D eigenvalue weighted by Crippen LogP contribution is 2.39. The number of nitrogens with zero attached hydrogens (tertiary/aromatic N) is 1. The monoisotopic (exact) mass is 535 g/mol. The van der Waals surface area contributed by atoms with Crippen molar-refractivity contribution in [2.24, 2.45) is 0 Å². The van der Waals surface area contributed by atoms with Crippen molar-refractivity contribution in [3.8, 4) is 0 Å². The molecule has 1 saturated heterocycles. The third-order valence-electron chi connectivity index (χ3n) is 4.84. The summed E-state index contributed by atoms with van der Waals surface area (Å²) >= 11 is 6.78. The highest BCUT2D eigenvalue weighted by atomic mass is 79.9. The van der Waals surface area contributed by atoms with Crippen LogP contribution in [0.25, 0.3) is 5.76 Å². The Kier molecular flexibility index (Phi) is 7.50. The second-order valence-electron chi connectivity index (χ2n) is 7.32. The summed E-state index contributed by atoms with van der Waals surface area (Å²) in [5, 5.41) is 11.0. The van der Waals surface area contributed by atoms with Crippen molar-refractivity contribution in [2.45, 2.75) is 32.4 Å². The maximum Gasteiger partial charge on any atom is 0.295 e. The van der Waals surface area contributed by atoms with Crippen molar-refractivity contribution in [1.29, 1.82) is 0 Å². The van der Waals surface area contributed by atoms with E-state index in [1.165, 1.54) is 4.90 Å². The van der Waals surface area contributed by atoms with E-state index < -0.39 is 17.7 Å². The van der Waals surface area contributed by atoms with Gasteiger partial charge in [-0.2, -0.15) is 0 Å². The predicted octanol–water partition coefficient (Wildman–Crippen LogP) is 5.45. The minimum Gasteiger partial charge on any atom is -0.507 e. The molecule has 1 fully saturated rings. The van der Waals surface area contributed by atoms with Gasteiger partial charge in [0.2, 0.25) is 0 Å². The molecule has 2 aromatic rings. The Morgan fingerprint density at radius 1 is 1.03 bits per heavy atom. The first-order chi connectivity index (χ1) is 14.3. The Labute approximate surface area is 193 Å². The third kappa shape index (κ3) is 5.02. The number of likely N-dealkylation sites (tertiary alicyclic amines) is 1. The fourth-order valence-electron chi connectivity index (χ4n) is 3.42. The average Bonchev–Trinajstić information content (AvgIpc) is 2.96. The minimum atomic E-state index is -0.673. The van der Waals surface area contributed by atoms with E-state index in [0.717, 1.165) is 14.5 Å². The van der Waals surface area contributed by atoms with Crippen LogP contribution in [0.4, 0.5) is 0 Å². The molecule has 0 aliphatic carbocycles. The molecule has 1 heterocycles. The van der Waals surface area contributed by atoms with Gasteiger partial charge >= 0.3 is 0 Å². The number of hydrogen-bond acceptors (Lipinski definition) is 4. The fourth-order valence-corrected chi connectivity index (χ4v) is 3.95. The lowest BCUT2D eigenvalue weighted by Crippen LogP contribution is -2.31. The van der Waals surface area contributed by atoms with Gasteiger partial charge in [-0.05, 0) is 50.1 Å². The molecule has 0 aromatic heterocycles. The SMILES string of the molecule is CC(C)OCCCN1C(=O)C(=O)C(=C(O)c2ccc(Br)cc2)[C@H]1c1ccc(Br)cc1. The van der Waals surface area contributed by atoms with Gasteiger partial charge in [0, 0.05) is 27.7 Å². The molecule has 3 rings (SSSR count). The molecule has 5 nitrogen and oxygen atoms in total. The van der Waals surface area contributed by atoms with E-state index >= 15 is 0 Å². The number of amides is 1. The first-order valence-corrected chi connectivity index (χ1v) is 11.3. The topological polar surface area (TPSA) is 66.8 Å². The number of aliphatic hydroxyl groups excluding tert-OH is 1. The number of benzene rings is 2. The minimum absolute atomic E-state index is 0.0973. The van der Waals surface area contributed by atoms with Crippen LogP contribution in [-0.2, 0) is 14.3 Å². The fraction of sp³-hybridized carbons (Fsp3) is 0.304. The molecule has 7 heteroatoms. The van der Waals surface area contributed by atoms with Crippen LogP contribution in [0.2, 0.25) is 0 Å². The van der Waals surface area contributed by atoms with E-state index in [2.05, 4.69) is 31.9 Å². The van der Waals surface area contributed by atoms with E-state index in [-0.39, 0.29) is 17.4 Å². The maximum absolute atomic E-state index is 12.9. The predicted molar refractivity (Wildman–Crippen MR) is 123 cm³/mol. The van der Waals surface area contributed by atoms with Gasteiger partial charge in [0.05, 0.1) is 17.7 Å². The largest absolute Gasteiger partial charge is 0.507 e. The molecule has 0 radical (unpaired) electrons. The zero-order chi connectivity index (χ0) is 21.8. The average molecular weight is 537 g/mol. The molecule has 0 unspecified atom stereocenters. The Bertz CT molecular complexity index is 952. The molecular formula is C23H23Br2NO4. The van der Waals surface area contributed by atoms with Gasteiger partial charge in [0.15, 0.2) is 0 Å². The maximum atomic E-state index is 12.9. The molecule has 1 atom stereocenters. The normalized spacial score (nSPS) is 18.4. The van der Waals surface area contributed by atoms with Crippen LogP contribution < -0.4 is 0 Å². The summed E-state index contributed by atoms with van der Waals surface area (Å²) in [5.74, 6) is -1.45. The summed E-state index contributed by atoms with van der Waals surface area (Å²) in [6.45, 7) is 4.74. The molecule has 0 spiro atoms. The number of rotatable bonds is 7. The molecule has 1 amide bonds. The van der Waals surface area contributed by atoms with Crippen molar-refractivity contribution in [3.05, 3.63) is 74.2 Å². The molecule has 30 heavy (non-hydrogen) atoms. The lowest BCUT2D eigenvalue weighted by molar-refractivity contribution is -0.140. The molecule has 1 aliphatic rings. The van der Waals surface area contributed by atoms with Gasteiger partial charge in [0.1, 0.15) is 5.76 Å². The molecular weight excluding hydrogens is 514 g/mol. The Morgan fingerprint density at radius 2 is 1.60 bits per heavy atom. The molecule has 158 valence electrons. The summed E-state index contributed by atoms with van der Waals surface area (Å²) in [5.41, 5.74) is 1.36. The first kappa shape index (κ1) is 22.7. The van der Waals surface area contributed by atoms with Crippen molar-refractivity contribution >= 4 is 49.3 Å². The zero-order valence-corrected chi connectivity index (χ0v) is 19.9. The molecule has 1 N–H and O–H groups in total. The highest BCUT2D eigenvalue weighted by molar-refractivity contribution is 9.10. The molecule has 0 bridgehead atoms. The van der Waals surface area contributed by atoms with E-state index in [1.54, 1.807) is 24.3 Å². The van der Waals surface area contributed by atoms with Crippen LogP contribution in [0.1, 0.15) is 37.4 Å². The Hall–Kier alpha value is -1.96. The van der Waals surface area contributed by atoms with Crippen LogP contribution in [-0.4, -0.2) is 41.0 Å². The van der Waals surface area contributed by atoms with Gasteiger partial charge in [0.25, 0.3) is 11.7 Å². The van der Waals surface area contributed by atoms with Crippen LogP contribution in [0.5, 0.6) is 0 Å². The molecule has 1 aliphatic heterocycles.